The first-order valence-corrected chi connectivity index (χ1v) is 7.83. The van der Waals surface area contributed by atoms with Crippen LogP contribution in [-0.4, -0.2) is 18.1 Å². The van der Waals surface area contributed by atoms with Gasteiger partial charge in [-0.2, -0.15) is 0 Å². The monoisotopic (exact) mass is 252 g/mol. The van der Waals surface area contributed by atoms with E-state index in [4.69, 9.17) is 0 Å². The lowest BCUT2D eigenvalue weighted by molar-refractivity contribution is 0.217. The van der Waals surface area contributed by atoms with Crippen LogP contribution in [0.2, 0.25) is 0 Å². The van der Waals surface area contributed by atoms with E-state index in [9.17, 15) is 4.79 Å². The van der Waals surface area contributed by atoms with E-state index in [-0.39, 0.29) is 6.03 Å². The van der Waals surface area contributed by atoms with E-state index in [1.807, 2.05) is 0 Å². The quantitative estimate of drug-likeness (QED) is 0.725. The molecule has 0 aromatic rings. The molecule has 0 heterocycles. The van der Waals surface area contributed by atoms with E-state index in [0.29, 0.717) is 18.0 Å². The van der Waals surface area contributed by atoms with Crippen molar-refractivity contribution in [2.75, 3.05) is 0 Å². The maximum Gasteiger partial charge on any atom is 0.315 e. The molecule has 0 radical (unpaired) electrons. The van der Waals surface area contributed by atoms with Gasteiger partial charge in [-0.15, -0.1) is 0 Å². The van der Waals surface area contributed by atoms with Crippen molar-refractivity contribution in [2.45, 2.75) is 83.2 Å². The van der Waals surface area contributed by atoms with Crippen molar-refractivity contribution in [3.63, 3.8) is 0 Å². The largest absolute Gasteiger partial charge is 0.335 e. The first kappa shape index (κ1) is 13.7. The molecule has 2 aliphatic carbocycles. The number of carbonyl (C=O) groups excluding carboxylic acids is 1. The van der Waals surface area contributed by atoms with Crippen LogP contribution in [0.25, 0.3) is 0 Å². The van der Waals surface area contributed by atoms with Gasteiger partial charge >= 0.3 is 6.03 Å². The van der Waals surface area contributed by atoms with Crippen LogP contribution in [0.4, 0.5) is 4.79 Å². The van der Waals surface area contributed by atoms with E-state index in [1.54, 1.807) is 0 Å². The fourth-order valence-electron chi connectivity index (χ4n) is 3.35. The van der Waals surface area contributed by atoms with Gasteiger partial charge in [0.1, 0.15) is 0 Å². The maximum atomic E-state index is 12.0. The Morgan fingerprint density at radius 1 is 0.833 bits per heavy atom. The van der Waals surface area contributed by atoms with Crippen LogP contribution in [-0.2, 0) is 0 Å². The zero-order valence-corrected chi connectivity index (χ0v) is 11.7. The van der Waals surface area contributed by atoms with Crippen molar-refractivity contribution in [1.82, 2.24) is 10.6 Å². The van der Waals surface area contributed by atoms with E-state index in [0.717, 1.165) is 19.3 Å². The zero-order chi connectivity index (χ0) is 12.8. The smallest absolute Gasteiger partial charge is 0.315 e. The lowest BCUT2D eigenvalue weighted by atomic mass is 9.86. The molecule has 104 valence electrons. The Labute approximate surface area is 111 Å². The number of hydrogen-bond acceptors (Lipinski definition) is 1. The SMILES string of the molecule is CC1CCCCC1NC(=O)NC1CCCCCC1. The molecule has 2 saturated carbocycles. The minimum Gasteiger partial charge on any atom is -0.335 e. The van der Waals surface area contributed by atoms with Gasteiger partial charge in [-0.3, -0.25) is 0 Å². The summed E-state index contributed by atoms with van der Waals surface area (Å²) in [5.74, 6) is 0.638. The molecule has 2 fully saturated rings. The van der Waals surface area contributed by atoms with Crippen LogP contribution in [0.1, 0.15) is 71.1 Å². The summed E-state index contributed by atoms with van der Waals surface area (Å²) in [7, 11) is 0. The molecule has 2 unspecified atom stereocenters. The van der Waals surface area contributed by atoms with Gasteiger partial charge < -0.3 is 10.6 Å². The van der Waals surface area contributed by atoms with Crippen molar-refractivity contribution in [2.24, 2.45) is 5.92 Å². The summed E-state index contributed by atoms with van der Waals surface area (Å²) in [6, 6.07) is 0.872. The Hall–Kier alpha value is -0.730. The summed E-state index contributed by atoms with van der Waals surface area (Å²) in [5, 5.41) is 6.36. The van der Waals surface area contributed by atoms with Gasteiger partial charge in [0, 0.05) is 12.1 Å². The Balaban J connectivity index is 1.73. The van der Waals surface area contributed by atoms with Crippen molar-refractivity contribution < 1.29 is 4.79 Å². The van der Waals surface area contributed by atoms with Crippen LogP contribution in [0, 0.1) is 5.92 Å². The summed E-state index contributed by atoms with van der Waals surface area (Å²) in [5.41, 5.74) is 0. The first-order valence-electron chi connectivity index (χ1n) is 7.83. The van der Waals surface area contributed by atoms with Crippen molar-refractivity contribution in [1.29, 1.82) is 0 Å². The van der Waals surface area contributed by atoms with Crippen LogP contribution < -0.4 is 10.6 Å². The summed E-state index contributed by atoms with van der Waals surface area (Å²) < 4.78 is 0. The lowest BCUT2D eigenvalue weighted by Gasteiger charge is -2.30. The van der Waals surface area contributed by atoms with Gasteiger partial charge in [0.2, 0.25) is 0 Å². The predicted octanol–water partition coefficient (Wildman–Crippen LogP) is 3.59. The average Bonchev–Trinajstić information content (AvgIpc) is 2.61. The van der Waals surface area contributed by atoms with Gasteiger partial charge in [-0.1, -0.05) is 45.4 Å². The molecule has 3 nitrogen and oxygen atoms in total. The third-order valence-electron chi connectivity index (χ3n) is 4.62. The van der Waals surface area contributed by atoms with Crippen molar-refractivity contribution in [3.8, 4) is 0 Å². The van der Waals surface area contributed by atoms with Gasteiger partial charge in [-0.05, 0) is 31.6 Å². The summed E-state index contributed by atoms with van der Waals surface area (Å²) in [4.78, 5) is 12.0. The normalized spacial score (nSPS) is 30.5. The van der Waals surface area contributed by atoms with E-state index in [2.05, 4.69) is 17.6 Å². The molecule has 3 heteroatoms. The Bertz CT molecular complexity index is 259. The fourth-order valence-corrected chi connectivity index (χ4v) is 3.35. The highest BCUT2D eigenvalue weighted by Crippen LogP contribution is 2.23. The molecule has 0 aliphatic heterocycles. The van der Waals surface area contributed by atoms with Crippen LogP contribution in [0.3, 0.4) is 0 Å². The highest BCUT2D eigenvalue weighted by molar-refractivity contribution is 5.74. The second kappa shape index (κ2) is 7.01. The molecule has 18 heavy (non-hydrogen) atoms. The minimum absolute atomic E-state index is 0.0700. The Morgan fingerprint density at radius 3 is 2.11 bits per heavy atom. The van der Waals surface area contributed by atoms with Crippen molar-refractivity contribution in [3.05, 3.63) is 0 Å². The van der Waals surface area contributed by atoms with Gasteiger partial charge in [-0.25, -0.2) is 4.79 Å². The number of hydrogen-bond donors (Lipinski definition) is 2. The highest BCUT2D eigenvalue weighted by atomic mass is 16.2. The lowest BCUT2D eigenvalue weighted by Crippen LogP contribution is -2.48. The number of amides is 2. The molecule has 2 amide bonds. The van der Waals surface area contributed by atoms with E-state index >= 15 is 0 Å². The van der Waals surface area contributed by atoms with E-state index < -0.39 is 0 Å². The topological polar surface area (TPSA) is 41.1 Å². The van der Waals surface area contributed by atoms with Crippen molar-refractivity contribution >= 4 is 6.03 Å². The molecule has 0 bridgehead atoms. The molecule has 0 aromatic carbocycles. The maximum absolute atomic E-state index is 12.0. The second-order valence-electron chi connectivity index (χ2n) is 6.17. The fraction of sp³-hybridized carbons (Fsp3) is 0.933. The molecule has 0 aromatic heterocycles. The Kier molecular flexibility index (Phi) is 5.33. The van der Waals surface area contributed by atoms with Crippen LogP contribution >= 0.6 is 0 Å². The third-order valence-corrected chi connectivity index (χ3v) is 4.62. The standard InChI is InChI=1S/C15H28N2O/c1-12-8-6-7-11-14(12)17-15(18)16-13-9-4-2-3-5-10-13/h12-14H,2-11H2,1H3,(H2,16,17,18). The number of carbonyl (C=O) groups is 1. The predicted molar refractivity (Wildman–Crippen MR) is 74.6 cm³/mol. The van der Waals surface area contributed by atoms with Gasteiger partial charge in [0.25, 0.3) is 0 Å². The molecular weight excluding hydrogens is 224 g/mol. The number of rotatable bonds is 2. The number of nitrogens with one attached hydrogen (secondary N) is 2. The Morgan fingerprint density at radius 2 is 1.44 bits per heavy atom. The highest BCUT2D eigenvalue weighted by Gasteiger charge is 2.23. The minimum atomic E-state index is 0.0700. The summed E-state index contributed by atoms with van der Waals surface area (Å²) in [6.45, 7) is 2.26. The molecule has 2 rings (SSSR count). The molecule has 0 saturated heterocycles. The third kappa shape index (κ3) is 4.18. The molecule has 2 aliphatic rings. The number of urea groups is 1. The average molecular weight is 252 g/mol. The summed E-state index contributed by atoms with van der Waals surface area (Å²) in [6.07, 6.45) is 12.5. The molecule has 0 spiro atoms. The van der Waals surface area contributed by atoms with E-state index in [1.165, 1.54) is 44.9 Å². The molecular formula is C15H28N2O. The summed E-state index contributed by atoms with van der Waals surface area (Å²) >= 11 is 0. The van der Waals surface area contributed by atoms with Gasteiger partial charge in [0.05, 0.1) is 0 Å². The molecule has 2 N–H and O–H groups in total. The van der Waals surface area contributed by atoms with Crippen LogP contribution in [0.15, 0.2) is 0 Å². The molecule has 2 atom stereocenters. The van der Waals surface area contributed by atoms with Crippen LogP contribution in [0.5, 0.6) is 0 Å². The zero-order valence-electron chi connectivity index (χ0n) is 11.7. The van der Waals surface area contributed by atoms with Gasteiger partial charge in [0.15, 0.2) is 0 Å². The second-order valence-corrected chi connectivity index (χ2v) is 6.17. The first-order chi connectivity index (χ1) is 8.75.